The molecule has 0 fully saturated rings. The largest absolute Gasteiger partial charge is 0.433 e. The molecule has 0 aliphatic heterocycles. The molecule has 0 bridgehead atoms. The number of anilines is 2. The molecular weight excluding hydrogens is 454 g/mol. The van der Waals surface area contributed by atoms with Crippen molar-refractivity contribution in [2.45, 2.75) is 19.3 Å². The predicted molar refractivity (Wildman–Crippen MR) is 105 cm³/mol. The summed E-state index contributed by atoms with van der Waals surface area (Å²) in [6.45, 7) is 1.24. The van der Waals surface area contributed by atoms with Crippen molar-refractivity contribution in [2.75, 3.05) is 5.32 Å². The van der Waals surface area contributed by atoms with Gasteiger partial charge in [0.2, 0.25) is 5.91 Å². The van der Waals surface area contributed by atoms with Crippen LogP contribution in [-0.2, 0) is 12.4 Å². The van der Waals surface area contributed by atoms with Crippen LogP contribution < -0.4 is 5.32 Å². The summed E-state index contributed by atoms with van der Waals surface area (Å²) < 4.78 is 79.6. The van der Waals surface area contributed by atoms with Gasteiger partial charge in [-0.3, -0.25) is 9.36 Å². The molecule has 0 aromatic carbocycles. The molecule has 0 saturated heterocycles. The summed E-state index contributed by atoms with van der Waals surface area (Å²) in [6.07, 6.45) is -7.04. The Morgan fingerprint density at radius 1 is 0.970 bits per heavy atom. The number of nitrogens with zero attached hydrogens (tertiary/aromatic N) is 5. The van der Waals surface area contributed by atoms with E-state index in [1.54, 1.807) is 0 Å². The first-order chi connectivity index (χ1) is 15.4. The molecule has 13 heteroatoms. The molecule has 4 rings (SSSR count). The molecule has 4 aromatic heterocycles. The molecule has 4 heterocycles. The Labute approximate surface area is 181 Å². The van der Waals surface area contributed by atoms with Gasteiger partial charge in [0.25, 0.3) is 0 Å². The fraction of sp³-hybridized carbons (Fsp3) is 0.150. The van der Waals surface area contributed by atoms with Crippen molar-refractivity contribution >= 4 is 28.6 Å². The Kier molecular flexibility index (Phi) is 5.26. The van der Waals surface area contributed by atoms with Crippen LogP contribution in [0.25, 0.3) is 22.6 Å². The zero-order valence-corrected chi connectivity index (χ0v) is 16.5. The van der Waals surface area contributed by atoms with Gasteiger partial charge in [0.1, 0.15) is 23.0 Å². The maximum absolute atomic E-state index is 13.1. The van der Waals surface area contributed by atoms with Gasteiger partial charge in [-0.25, -0.2) is 19.9 Å². The second-order valence-electron chi connectivity index (χ2n) is 6.80. The lowest BCUT2D eigenvalue weighted by molar-refractivity contribution is -0.141. The number of fused-ring (bicyclic) bond motifs is 1. The van der Waals surface area contributed by atoms with Gasteiger partial charge in [-0.05, 0) is 30.3 Å². The molecule has 4 aromatic rings. The van der Waals surface area contributed by atoms with E-state index in [4.69, 9.17) is 0 Å². The van der Waals surface area contributed by atoms with E-state index in [1.807, 2.05) is 0 Å². The summed E-state index contributed by atoms with van der Waals surface area (Å²) >= 11 is 0. The average molecular weight is 466 g/mol. The van der Waals surface area contributed by atoms with E-state index >= 15 is 0 Å². The van der Waals surface area contributed by atoms with Crippen LogP contribution in [0.3, 0.4) is 0 Å². The van der Waals surface area contributed by atoms with Crippen LogP contribution in [0.1, 0.15) is 23.0 Å². The van der Waals surface area contributed by atoms with Crippen molar-refractivity contribution in [1.82, 2.24) is 24.5 Å². The highest BCUT2D eigenvalue weighted by Crippen LogP contribution is 2.33. The number of nitrogens with one attached hydrogen (secondary N) is 1. The van der Waals surface area contributed by atoms with E-state index in [0.717, 1.165) is 35.0 Å². The quantitative estimate of drug-likeness (QED) is 0.411. The van der Waals surface area contributed by atoms with E-state index in [1.165, 1.54) is 25.3 Å². The number of rotatable bonds is 3. The molecule has 0 aliphatic carbocycles. The van der Waals surface area contributed by atoms with Crippen LogP contribution in [0.15, 0.2) is 48.8 Å². The minimum absolute atomic E-state index is 0.0289. The molecule has 170 valence electrons. The first-order valence-corrected chi connectivity index (χ1v) is 9.18. The van der Waals surface area contributed by atoms with E-state index in [-0.39, 0.29) is 34.2 Å². The number of carbonyl (C=O) groups excluding carboxylic acids is 1. The van der Waals surface area contributed by atoms with E-state index in [9.17, 15) is 31.1 Å². The Morgan fingerprint density at radius 3 is 2.39 bits per heavy atom. The fourth-order valence-electron chi connectivity index (χ4n) is 2.99. The lowest BCUT2D eigenvalue weighted by Crippen LogP contribution is -2.10. The highest BCUT2D eigenvalue weighted by molar-refractivity contribution is 5.96. The van der Waals surface area contributed by atoms with Crippen LogP contribution in [-0.4, -0.2) is 30.4 Å². The van der Waals surface area contributed by atoms with Gasteiger partial charge in [-0.1, -0.05) is 6.07 Å². The second kappa shape index (κ2) is 7.83. The molecule has 1 N–H and O–H groups in total. The summed E-state index contributed by atoms with van der Waals surface area (Å²) in [5.74, 6) is -1.01. The zero-order chi connectivity index (χ0) is 24.0. The number of pyridine rings is 2. The normalized spacial score (nSPS) is 12.2. The monoisotopic (exact) mass is 466 g/mol. The summed E-state index contributed by atoms with van der Waals surface area (Å²) in [5, 5.41) is 2.87. The van der Waals surface area contributed by atoms with Gasteiger partial charge in [0.05, 0.1) is 10.9 Å². The first kappa shape index (κ1) is 22.2. The summed E-state index contributed by atoms with van der Waals surface area (Å²) in [6, 6.07) is 6.10. The van der Waals surface area contributed by atoms with E-state index in [0.29, 0.717) is 0 Å². The molecular formula is C20H12F6N6O. The lowest BCUT2D eigenvalue weighted by atomic mass is 10.2. The summed E-state index contributed by atoms with van der Waals surface area (Å²) in [5.41, 5.74) is -2.37. The third-order valence-electron chi connectivity index (χ3n) is 4.49. The Hall–Kier alpha value is -4.03. The standard InChI is InChI=1S/C20H12F6N6O/c1-10(33)32-8-6-12-16(29-15-9-11(5-7-27-15)19(21,22)23)30-17(31-18(12)32)13-3-2-4-14(28-13)20(24,25)26/h2-9H,1H3,(H,27,29,30,31). The SMILES string of the molecule is CC(=O)n1ccc2c(Nc3cc(C(F)(F)F)ccn3)nc(-c3cccc(C(F)(F)F)n3)nc21. The van der Waals surface area contributed by atoms with Gasteiger partial charge in [-0.2, -0.15) is 26.3 Å². The highest BCUT2D eigenvalue weighted by atomic mass is 19.4. The zero-order valence-electron chi connectivity index (χ0n) is 16.5. The minimum atomic E-state index is -4.72. The van der Waals surface area contributed by atoms with Crippen molar-refractivity contribution < 1.29 is 31.1 Å². The van der Waals surface area contributed by atoms with Crippen molar-refractivity contribution in [3.63, 3.8) is 0 Å². The predicted octanol–water partition coefficient (Wildman–Crippen LogP) is 5.33. The van der Waals surface area contributed by atoms with Gasteiger partial charge < -0.3 is 5.32 Å². The maximum atomic E-state index is 13.1. The third kappa shape index (κ3) is 4.47. The fourth-order valence-corrected chi connectivity index (χ4v) is 2.99. The van der Waals surface area contributed by atoms with Crippen molar-refractivity contribution in [2.24, 2.45) is 0 Å². The molecule has 0 spiro atoms. The number of aromatic nitrogens is 5. The van der Waals surface area contributed by atoms with Crippen molar-refractivity contribution in [1.29, 1.82) is 0 Å². The molecule has 0 amide bonds. The number of carbonyl (C=O) groups is 1. The summed E-state index contributed by atoms with van der Waals surface area (Å²) in [4.78, 5) is 27.7. The smallest absolute Gasteiger partial charge is 0.324 e. The Balaban J connectivity index is 1.88. The Bertz CT molecular complexity index is 1360. The third-order valence-corrected chi connectivity index (χ3v) is 4.49. The molecule has 0 atom stereocenters. The number of hydrogen-bond acceptors (Lipinski definition) is 6. The molecule has 33 heavy (non-hydrogen) atoms. The van der Waals surface area contributed by atoms with Gasteiger partial charge >= 0.3 is 12.4 Å². The Morgan fingerprint density at radius 2 is 1.73 bits per heavy atom. The molecule has 0 radical (unpaired) electrons. The van der Waals surface area contributed by atoms with Crippen LogP contribution in [0.4, 0.5) is 38.0 Å². The minimum Gasteiger partial charge on any atom is -0.324 e. The van der Waals surface area contributed by atoms with E-state index < -0.39 is 29.5 Å². The lowest BCUT2D eigenvalue weighted by Gasteiger charge is -2.12. The first-order valence-electron chi connectivity index (χ1n) is 9.18. The van der Waals surface area contributed by atoms with Crippen LogP contribution in [0.2, 0.25) is 0 Å². The molecule has 0 unspecified atom stereocenters. The number of alkyl halides is 6. The molecule has 0 saturated carbocycles. The molecule has 0 aliphatic rings. The van der Waals surface area contributed by atoms with E-state index in [2.05, 4.69) is 25.3 Å². The highest BCUT2D eigenvalue weighted by Gasteiger charge is 2.33. The van der Waals surface area contributed by atoms with Gasteiger partial charge in [0.15, 0.2) is 11.5 Å². The topological polar surface area (TPSA) is 85.6 Å². The molecule has 7 nitrogen and oxygen atoms in total. The van der Waals surface area contributed by atoms with Gasteiger partial charge in [0, 0.05) is 19.3 Å². The number of halogens is 6. The van der Waals surface area contributed by atoms with Crippen molar-refractivity contribution in [3.8, 4) is 11.5 Å². The van der Waals surface area contributed by atoms with Crippen LogP contribution >= 0.6 is 0 Å². The second-order valence-corrected chi connectivity index (χ2v) is 6.80. The summed E-state index contributed by atoms with van der Waals surface area (Å²) in [7, 11) is 0. The van der Waals surface area contributed by atoms with Crippen molar-refractivity contribution in [3.05, 3.63) is 60.0 Å². The maximum Gasteiger partial charge on any atom is 0.433 e. The van der Waals surface area contributed by atoms with Crippen LogP contribution in [0, 0.1) is 0 Å². The van der Waals surface area contributed by atoms with Crippen LogP contribution in [0.5, 0.6) is 0 Å². The van der Waals surface area contributed by atoms with Gasteiger partial charge in [-0.15, -0.1) is 0 Å². The average Bonchev–Trinajstić information content (AvgIpc) is 3.17. The number of hydrogen-bond donors (Lipinski definition) is 1.